The second kappa shape index (κ2) is 9.78. The van der Waals surface area contributed by atoms with Gasteiger partial charge in [0.05, 0.1) is 12.2 Å². The number of fused-ring (bicyclic) bond motifs is 7. The predicted octanol–water partition coefficient (Wildman–Crippen LogP) is 3.20. The highest BCUT2D eigenvalue weighted by Gasteiger charge is 2.75. The molecular weight excluding hydrogens is 464 g/mol. The number of carbonyl (C=O) groups excluding carboxylic acids is 2. The third-order valence-corrected chi connectivity index (χ3v) is 9.67. The van der Waals surface area contributed by atoms with Crippen LogP contribution in [0.15, 0.2) is 23.8 Å². The molecule has 8 heteroatoms. The molecule has 1 saturated heterocycles. The van der Waals surface area contributed by atoms with Crippen LogP contribution in [0.4, 0.5) is 0 Å². The first-order valence-electron chi connectivity index (χ1n) is 13.3. The minimum Gasteiger partial charge on any atom is -0.481 e. The smallest absolute Gasteiger partial charge is 0.303 e. The number of rotatable bonds is 5. The lowest BCUT2D eigenvalue weighted by Gasteiger charge is -2.59. The summed E-state index contributed by atoms with van der Waals surface area (Å²) in [4.78, 5) is 34.6. The summed E-state index contributed by atoms with van der Waals surface area (Å²) >= 11 is 0. The van der Waals surface area contributed by atoms with E-state index in [2.05, 4.69) is 20.8 Å². The Morgan fingerprint density at radius 1 is 1.22 bits per heavy atom. The highest BCUT2D eigenvalue weighted by Crippen LogP contribution is 2.69. The number of aliphatic carboxylic acids is 1. The van der Waals surface area contributed by atoms with Crippen molar-refractivity contribution >= 4 is 17.5 Å². The van der Waals surface area contributed by atoms with Gasteiger partial charge in [0.2, 0.25) is 0 Å². The fourth-order valence-electron chi connectivity index (χ4n) is 8.12. The number of carboxylic acids is 1. The minimum absolute atomic E-state index is 0.0125. The molecule has 36 heavy (non-hydrogen) atoms. The Bertz CT molecular complexity index is 971. The summed E-state index contributed by atoms with van der Waals surface area (Å²) in [5.74, 6) is -0.718. The number of ketones is 2. The lowest BCUT2D eigenvalue weighted by Crippen LogP contribution is -2.63. The zero-order valence-corrected chi connectivity index (χ0v) is 21.7. The molecule has 3 N–H and O–H groups in total. The van der Waals surface area contributed by atoms with E-state index in [1.54, 1.807) is 19.1 Å². The Morgan fingerprint density at radius 3 is 2.53 bits per heavy atom. The minimum atomic E-state index is -1.20. The first-order valence-corrected chi connectivity index (χ1v) is 13.3. The van der Waals surface area contributed by atoms with Crippen molar-refractivity contribution in [1.29, 1.82) is 0 Å². The summed E-state index contributed by atoms with van der Waals surface area (Å²) in [6, 6.07) is 0. The van der Waals surface area contributed by atoms with Crippen LogP contribution in [-0.4, -0.2) is 63.6 Å². The molecule has 0 radical (unpaired) electrons. The summed E-state index contributed by atoms with van der Waals surface area (Å²) in [7, 11) is 0. The molecule has 200 valence electrons. The average molecular weight is 505 g/mol. The van der Waals surface area contributed by atoms with Gasteiger partial charge in [0, 0.05) is 23.2 Å². The van der Waals surface area contributed by atoms with Gasteiger partial charge in [0.25, 0.3) is 0 Å². The molecule has 0 aromatic rings. The molecule has 1 aliphatic heterocycles. The number of hydrogen-bond donors (Lipinski definition) is 3. The Labute approximate surface area is 212 Å². The van der Waals surface area contributed by atoms with Crippen LogP contribution < -0.4 is 0 Å². The van der Waals surface area contributed by atoms with Crippen molar-refractivity contribution in [2.75, 3.05) is 6.61 Å². The highest BCUT2D eigenvalue weighted by atomic mass is 16.7. The summed E-state index contributed by atoms with van der Waals surface area (Å²) in [5, 5.41) is 29.1. The number of carboxylic acid groups (broad SMARTS) is 1. The maximum absolute atomic E-state index is 13.2. The quantitative estimate of drug-likeness (QED) is 0.520. The number of allylic oxidation sites excluding steroid dienone is 4. The summed E-state index contributed by atoms with van der Waals surface area (Å²) < 4.78 is 12.7. The molecule has 1 heterocycles. The van der Waals surface area contributed by atoms with Gasteiger partial charge >= 0.3 is 5.97 Å². The number of aliphatic hydroxyl groups excluding tert-OH is 2. The van der Waals surface area contributed by atoms with Crippen LogP contribution in [0.5, 0.6) is 0 Å². The van der Waals surface area contributed by atoms with E-state index in [0.29, 0.717) is 19.3 Å². The number of Topliss-reactive ketones (excluding diaryl/α,β-unsaturated/α-hetero) is 1. The monoisotopic (exact) mass is 504 g/mol. The SMILES string of the molecule is CCC(=O)O.CCCC1O[C@@H]2C[C@H]3[C@@H]4CCC5=CC(=O)C=C[C@]5(C)[C@H]4[C@@H](O)C[C@]3(C)[C@]2(C(=O)CO)O1. The predicted molar refractivity (Wildman–Crippen MR) is 131 cm³/mol. The Morgan fingerprint density at radius 2 is 1.92 bits per heavy atom. The zero-order chi connectivity index (χ0) is 26.5. The van der Waals surface area contributed by atoms with Gasteiger partial charge in [-0.15, -0.1) is 0 Å². The maximum atomic E-state index is 13.2. The third-order valence-electron chi connectivity index (χ3n) is 9.67. The van der Waals surface area contributed by atoms with Crippen molar-refractivity contribution in [3.8, 4) is 0 Å². The lowest BCUT2D eigenvalue weighted by atomic mass is 9.46. The van der Waals surface area contributed by atoms with E-state index in [1.807, 2.05) is 6.08 Å². The fourth-order valence-corrected chi connectivity index (χ4v) is 8.12. The molecule has 0 aromatic carbocycles. The van der Waals surface area contributed by atoms with Gasteiger partial charge in [-0.25, -0.2) is 0 Å². The third kappa shape index (κ3) is 3.92. The van der Waals surface area contributed by atoms with Gasteiger partial charge in [0.1, 0.15) is 6.61 Å². The van der Waals surface area contributed by atoms with Crippen LogP contribution in [0.1, 0.15) is 72.6 Å². The van der Waals surface area contributed by atoms with Gasteiger partial charge in [-0.05, 0) is 56.1 Å². The van der Waals surface area contributed by atoms with Crippen molar-refractivity contribution in [2.45, 2.75) is 96.7 Å². The van der Waals surface area contributed by atoms with Gasteiger partial charge in [-0.1, -0.05) is 45.8 Å². The second-order valence-electron chi connectivity index (χ2n) is 11.5. The summed E-state index contributed by atoms with van der Waals surface area (Å²) in [5.41, 5.74) is -1.05. The second-order valence-corrected chi connectivity index (χ2v) is 11.5. The van der Waals surface area contributed by atoms with Gasteiger partial charge in [0.15, 0.2) is 23.5 Å². The first-order chi connectivity index (χ1) is 17.0. The summed E-state index contributed by atoms with van der Waals surface area (Å²) in [6.07, 6.45) is 8.54. The lowest BCUT2D eigenvalue weighted by molar-refractivity contribution is -0.200. The van der Waals surface area contributed by atoms with Crippen LogP contribution in [0.2, 0.25) is 0 Å². The van der Waals surface area contributed by atoms with E-state index in [0.717, 1.165) is 24.8 Å². The molecule has 0 amide bonds. The van der Waals surface area contributed by atoms with E-state index in [4.69, 9.17) is 14.6 Å². The van der Waals surface area contributed by atoms with E-state index >= 15 is 0 Å². The number of aliphatic hydroxyl groups is 2. The molecule has 5 aliphatic rings. The molecule has 0 spiro atoms. The summed E-state index contributed by atoms with van der Waals surface area (Å²) in [6.45, 7) is 7.27. The van der Waals surface area contributed by atoms with Crippen molar-refractivity contribution in [3.05, 3.63) is 23.8 Å². The molecular formula is C28H40O8. The molecule has 4 fully saturated rings. The van der Waals surface area contributed by atoms with Crippen LogP contribution in [0.3, 0.4) is 0 Å². The Kier molecular flexibility index (Phi) is 7.38. The van der Waals surface area contributed by atoms with E-state index in [9.17, 15) is 24.6 Å². The van der Waals surface area contributed by atoms with Gasteiger partial charge in [-0.2, -0.15) is 0 Å². The number of carbonyl (C=O) groups is 3. The highest BCUT2D eigenvalue weighted by molar-refractivity contribution is 6.01. The van der Waals surface area contributed by atoms with Crippen LogP contribution in [0, 0.1) is 28.6 Å². The molecule has 3 saturated carbocycles. The van der Waals surface area contributed by atoms with E-state index in [1.165, 1.54) is 0 Å². The molecule has 0 bridgehead atoms. The maximum Gasteiger partial charge on any atom is 0.303 e. The molecule has 5 rings (SSSR count). The number of hydrogen-bond acceptors (Lipinski definition) is 7. The van der Waals surface area contributed by atoms with Crippen LogP contribution >= 0.6 is 0 Å². The molecule has 9 atom stereocenters. The molecule has 8 nitrogen and oxygen atoms in total. The van der Waals surface area contributed by atoms with E-state index < -0.39 is 42.1 Å². The van der Waals surface area contributed by atoms with Gasteiger partial charge in [-0.3, -0.25) is 14.4 Å². The van der Waals surface area contributed by atoms with Gasteiger partial charge < -0.3 is 24.8 Å². The van der Waals surface area contributed by atoms with Crippen molar-refractivity contribution in [3.63, 3.8) is 0 Å². The standard InChI is InChI=1S/C25H34O6.C3H6O2/c1-4-5-21-30-20-11-17-16-7-6-14-10-15(27)8-9-23(14,2)22(16)18(28)12-24(17,3)25(20,31-21)19(29)13-26;1-2-3(4)5/h8-10,16-18,20-22,26,28H,4-7,11-13H2,1-3H3;2H2,1H3,(H,4,5)/t16-,17-,18-,20+,21?,22+,23-,24-,25+;/m0./s1. The van der Waals surface area contributed by atoms with Crippen molar-refractivity contribution < 1.29 is 39.2 Å². The largest absolute Gasteiger partial charge is 0.481 e. The fraction of sp³-hybridized carbons (Fsp3) is 0.750. The number of ether oxygens (including phenoxy) is 2. The molecule has 4 aliphatic carbocycles. The van der Waals surface area contributed by atoms with Crippen LogP contribution in [-0.2, 0) is 23.9 Å². The molecule has 0 aromatic heterocycles. The normalized spacial score (nSPS) is 44.4. The first kappa shape index (κ1) is 27.2. The molecule has 1 unspecified atom stereocenters. The van der Waals surface area contributed by atoms with Crippen molar-refractivity contribution in [1.82, 2.24) is 0 Å². The van der Waals surface area contributed by atoms with Crippen molar-refractivity contribution in [2.24, 2.45) is 28.6 Å². The van der Waals surface area contributed by atoms with Crippen LogP contribution in [0.25, 0.3) is 0 Å². The van der Waals surface area contributed by atoms with E-state index in [-0.39, 0.29) is 41.2 Å². The Hall–Kier alpha value is -1.87. The average Bonchev–Trinajstić information content (AvgIpc) is 3.31. The zero-order valence-electron chi connectivity index (χ0n) is 21.7. The topological polar surface area (TPSA) is 130 Å². The Balaban J connectivity index is 0.000000556.